The molecular formula is C20H36O4. The molecule has 0 aromatic carbocycles. The van der Waals surface area contributed by atoms with Gasteiger partial charge in [-0.3, -0.25) is 9.59 Å². The zero-order valence-corrected chi connectivity index (χ0v) is 15.8. The molecule has 1 aliphatic carbocycles. The van der Waals surface area contributed by atoms with Gasteiger partial charge in [0.25, 0.3) is 0 Å². The predicted molar refractivity (Wildman–Crippen MR) is 96.1 cm³/mol. The number of carboxylic acids is 2. The van der Waals surface area contributed by atoms with Crippen molar-refractivity contribution in [3.05, 3.63) is 0 Å². The maximum Gasteiger partial charge on any atom is 0.311 e. The van der Waals surface area contributed by atoms with E-state index in [1.54, 1.807) is 0 Å². The van der Waals surface area contributed by atoms with Crippen LogP contribution in [0, 0.1) is 16.7 Å². The highest BCUT2D eigenvalue weighted by Crippen LogP contribution is 2.59. The number of hydrogen-bond acceptors (Lipinski definition) is 2. The first kappa shape index (κ1) is 21.0. The molecule has 4 heteroatoms. The van der Waals surface area contributed by atoms with Gasteiger partial charge in [0, 0.05) is 0 Å². The molecule has 3 unspecified atom stereocenters. The van der Waals surface area contributed by atoms with Gasteiger partial charge in [0.05, 0.1) is 10.8 Å². The number of carbonyl (C=O) groups is 2. The normalized spacial score (nSPS) is 28.5. The van der Waals surface area contributed by atoms with Crippen LogP contribution in [0.4, 0.5) is 0 Å². The fourth-order valence-electron chi connectivity index (χ4n) is 4.89. The van der Waals surface area contributed by atoms with E-state index in [1.807, 2.05) is 13.8 Å². The molecule has 0 radical (unpaired) electrons. The number of aliphatic carboxylic acids is 2. The van der Waals surface area contributed by atoms with Crippen molar-refractivity contribution >= 4 is 11.9 Å². The largest absolute Gasteiger partial charge is 0.481 e. The summed E-state index contributed by atoms with van der Waals surface area (Å²) in [4.78, 5) is 24.7. The first-order chi connectivity index (χ1) is 11.4. The van der Waals surface area contributed by atoms with Crippen LogP contribution in [0.2, 0.25) is 0 Å². The highest BCUT2D eigenvalue weighted by molar-refractivity contribution is 5.87. The van der Waals surface area contributed by atoms with Crippen molar-refractivity contribution in [2.24, 2.45) is 16.7 Å². The summed E-state index contributed by atoms with van der Waals surface area (Å²) in [5, 5.41) is 20.3. The minimum atomic E-state index is -1.11. The van der Waals surface area contributed by atoms with Crippen molar-refractivity contribution in [1.82, 2.24) is 0 Å². The second-order valence-electron chi connectivity index (χ2n) is 7.72. The van der Waals surface area contributed by atoms with Crippen molar-refractivity contribution in [2.75, 3.05) is 0 Å². The lowest BCUT2D eigenvalue weighted by Gasteiger charge is -2.52. The Kier molecular flexibility index (Phi) is 8.24. The third-order valence-electron chi connectivity index (χ3n) is 6.36. The van der Waals surface area contributed by atoms with Crippen LogP contribution in [0.3, 0.4) is 0 Å². The van der Waals surface area contributed by atoms with Gasteiger partial charge in [-0.25, -0.2) is 0 Å². The molecular weight excluding hydrogens is 304 g/mol. The molecule has 0 aromatic rings. The van der Waals surface area contributed by atoms with E-state index >= 15 is 0 Å². The molecule has 0 saturated heterocycles. The summed E-state index contributed by atoms with van der Waals surface area (Å²) in [6, 6.07) is 0. The molecule has 1 rings (SSSR count). The minimum Gasteiger partial charge on any atom is -0.481 e. The fourth-order valence-corrected chi connectivity index (χ4v) is 4.89. The van der Waals surface area contributed by atoms with Crippen molar-refractivity contribution < 1.29 is 19.8 Å². The third kappa shape index (κ3) is 3.94. The quantitative estimate of drug-likeness (QED) is 0.487. The van der Waals surface area contributed by atoms with Gasteiger partial charge in [-0.1, -0.05) is 72.1 Å². The number of unbranched alkanes of at least 4 members (excludes halogenated alkanes) is 4. The van der Waals surface area contributed by atoms with Crippen LogP contribution in [-0.4, -0.2) is 22.2 Å². The Morgan fingerprint density at radius 1 is 0.917 bits per heavy atom. The maximum atomic E-state index is 12.4. The van der Waals surface area contributed by atoms with Gasteiger partial charge in [-0.05, 0) is 31.6 Å². The van der Waals surface area contributed by atoms with Gasteiger partial charge >= 0.3 is 11.9 Å². The Labute approximate surface area is 147 Å². The van der Waals surface area contributed by atoms with Crippen molar-refractivity contribution in [2.45, 2.75) is 97.8 Å². The first-order valence-corrected chi connectivity index (χ1v) is 9.85. The molecule has 0 aromatic heterocycles. The van der Waals surface area contributed by atoms with Crippen LogP contribution in [0.25, 0.3) is 0 Å². The summed E-state index contributed by atoms with van der Waals surface area (Å²) in [6.07, 6.45) is 10.1. The van der Waals surface area contributed by atoms with Crippen LogP contribution in [-0.2, 0) is 9.59 Å². The molecule has 1 fully saturated rings. The van der Waals surface area contributed by atoms with Crippen molar-refractivity contribution in [1.29, 1.82) is 0 Å². The Morgan fingerprint density at radius 3 is 2.08 bits per heavy atom. The van der Waals surface area contributed by atoms with Gasteiger partial charge in [0.2, 0.25) is 0 Å². The zero-order valence-electron chi connectivity index (χ0n) is 15.8. The smallest absolute Gasteiger partial charge is 0.311 e. The summed E-state index contributed by atoms with van der Waals surface area (Å²) in [5.41, 5.74) is -2.21. The van der Waals surface area contributed by atoms with E-state index in [0.29, 0.717) is 19.3 Å². The standard InChI is InChI=1S/C20H36O4/c1-4-6-8-9-12-16(3)20(18(23)24)15-11-10-14-19(20,17(21)22)13-7-5-2/h16H,4-15H2,1-3H3,(H,21,22)(H,23,24). The lowest BCUT2D eigenvalue weighted by molar-refractivity contribution is -0.188. The summed E-state index contributed by atoms with van der Waals surface area (Å²) in [7, 11) is 0. The Bertz CT molecular complexity index is 420. The Balaban J connectivity index is 3.16. The molecule has 0 heterocycles. The molecule has 0 spiro atoms. The lowest BCUT2D eigenvalue weighted by Crippen LogP contribution is -2.57. The molecule has 24 heavy (non-hydrogen) atoms. The maximum absolute atomic E-state index is 12.4. The van der Waals surface area contributed by atoms with E-state index in [9.17, 15) is 19.8 Å². The second-order valence-corrected chi connectivity index (χ2v) is 7.72. The fraction of sp³-hybridized carbons (Fsp3) is 0.900. The summed E-state index contributed by atoms with van der Waals surface area (Å²) < 4.78 is 0. The van der Waals surface area contributed by atoms with E-state index in [-0.39, 0.29) is 5.92 Å². The minimum absolute atomic E-state index is 0.0971. The molecule has 3 atom stereocenters. The van der Waals surface area contributed by atoms with Crippen LogP contribution in [0.5, 0.6) is 0 Å². The second kappa shape index (κ2) is 9.43. The zero-order chi connectivity index (χ0) is 18.2. The third-order valence-corrected chi connectivity index (χ3v) is 6.36. The van der Waals surface area contributed by atoms with E-state index in [4.69, 9.17) is 0 Å². The monoisotopic (exact) mass is 340 g/mol. The molecule has 2 N–H and O–H groups in total. The molecule has 1 aliphatic rings. The highest BCUT2D eigenvalue weighted by atomic mass is 16.4. The molecule has 0 amide bonds. The van der Waals surface area contributed by atoms with Crippen LogP contribution < -0.4 is 0 Å². The number of carboxylic acid groups (broad SMARTS) is 2. The summed E-state index contributed by atoms with van der Waals surface area (Å²) in [5.74, 6) is -1.87. The van der Waals surface area contributed by atoms with Crippen LogP contribution >= 0.6 is 0 Å². The highest BCUT2D eigenvalue weighted by Gasteiger charge is 2.63. The molecule has 1 saturated carbocycles. The van der Waals surface area contributed by atoms with Crippen LogP contribution in [0.15, 0.2) is 0 Å². The first-order valence-electron chi connectivity index (χ1n) is 9.85. The Morgan fingerprint density at radius 2 is 1.54 bits per heavy atom. The lowest BCUT2D eigenvalue weighted by atomic mass is 9.49. The van der Waals surface area contributed by atoms with Crippen molar-refractivity contribution in [3.63, 3.8) is 0 Å². The molecule has 0 bridgehead atoms. The summed E-state index contributed by atoms with van der Waals surface area (Å²) in [6.45, 7) is 6.17. The topological polar surface area (TPSA) is 74.6 Å². The molecule has 0 aliphatic heterocycles. The number of rotatable bonds is 11. The van der Waals surface area contributed by atoms with E-state index < -0.39 is 22.8 Å². The van der Waals surface area contributed by atoms with Crippen LogP contribution in [0.1, 0.15) is 97.8 Å². The molecule has 4 nitrogen and oxygen atoms in total. The van der Waals surface area contributed by atoms with Gasteiger partial charge in [-0.15, -0.1) is 0 Å². The van der Waals surface area contributed by atoms with E-state index in [1.165, 1.54) is 0 Å². The summed E-state index contributed by atoms with van der Waals surface area (Å²) >= 11 is 0. The average Bonchev–Trinajstić information content (AvgIpc) is 2.56. The predicted octanol–water partition coefficient (Wildman–Crippen LogP) is 5.50. The van der Waals surface area contributed by atoms with E-state index in [0.717, 1.165) is 57.8 Å². The van der Waals surface area contributed by atoms with Crippen molar-refractivity contribution in [3.8, 4) is 0 Å². The Hall–Kier alpha value is -1.06. The SMILES string of the molecule is CCCCCCC(C)C1(C(=O)O)CCCCC1(CCCC)C(=O)O. The van der Waals surface area contributed by atoms with Gasteiger partial charge < -0.3 is 10.2 Å². The number of hydrogen-bond donors (Lipinski definition) is 2. The van der Waals surface area contributed by atoms with Gasteiger partial charge in [0.15, 0.2) is 0 Å². The van der Waals surface area contributed by atoms with Gasteiger partial charge in [-0.2, -0.15) is 0 Å². The molecule has 140 valence electrons. The van der Waals surface area contributed by atoms with Gasteiger partial charge in [0.1, 0.15) is 0 Å². The van der Waals surface area contributed by atoms with E-state index in [2.05, 4.69) is 6.92 Å². The average molecular weight is 341 g/mol.